The van der Waals surface area contributed by atoms with Gasteiger partial charge in [0.25, 0.3) is 0 Å². The Morgan fingerprint density at radius 2 is 2.19 bits per heavy atom. The molecule has 0 unspecified atom stereocenters. The minimum atomic E-state index is -3.03. The van der Waals surface area contributed by atoms with Gasteiger partial charge in [0, 0.05) is 5.92 Å². The van der Waals surface area contributed by atoms with E-state index >= 15 is 0 Å². The molecule has 0 saturated carbocycles. The SMILES string of the molecule is Cc1nc([C@@H]2CCCS(=O)(=O)C2)n(-c2cccc(F)c2)n1. The number of rotatable bonds is 2. The van der Waals surface area contributed by atoms with Gasteiger partial charge in [-0.05, 0) is 38.0 Å². The minimum absolute atomic E-state index is 0.0838. The van der Waals surface area contributed by atoms with Gasteiger partial charge in [0.05, 0.1) is 17.2 Å². The van der Waals surface area contributed by atoms with Crippen molar-refractivity contribution in [2.24, 2.45) is 0 Å². The van der Waals surface area contributed by atoms with E-state index < -0.39 is 9.84 Å². The van der Waals surface area contributed by atoms with Gasteiger partial charge in [0.2, 0.25) is 0 Å². The maximum Gasteiger partial charge on any atom is 0.151 e. The van der Waals surface area contributed by atoms with Gasteiger partial charge in [-0.15, -0.1) is 0 Å². The van der Waals surface area contributed by atoms with Gasteiger partial charge in [0.15, 0.2) is 9.84 Å². The quantitative estimate of drug-likeness (QED) is 0.851. The molecular formula is C14H16FN3O2S. The van der Waals surface area contributed by atoms with Crippen molar-refractivity contribution in [1.82, 2.24) is 14.8 Å². The zero-order chi connectivity index (χ0) is 15.0. The number of aryl methyl sites for hydroxylation is 1. The Bertz CT molecular complexity index is 770. The molecule has 1 aliphatic rings. The molecule has 0 spiro atoms. The summed E-state index contributed by atoms with van der Waals surface area (Å²) in [5, 5.41) is 4.29. The standard InChI is InChI=1S/C14H16FN3O2S/c1-10-16-14(11-4-3-7-21(19,20)9-11)18(17-10)13-6-2-5-12(15)8-13/h2,5-6,8,11H,3-4,7,9H2,1H3/t11-/m1/s1. The smallest absolute Gasteiger partial charge is 0.151 e. The monoisotopic (exact) mass is 309 g/mol. The molecule has 7 heteroatoms. The minimum Gasteiger partial charge on any atom is -0.229 e. The summed E-state index contributed by atoms with van der Waals surface area (Å²) >= 11 is 0. The number of hydrogen-bond acceptors (Lipinski definition) is 4. The Balaban J connectivity index is 2.04. The van der Waals surface area contributed by atoms with E-state index in [4.69, 9.17) is 0 Å². The van der Waals surface area contributed by atoms with Crippen LogP contribution in [0.2, 0.25) is 0 Å². The lowest BCUT2D eigenvalue weighted by atomic mass is 10.0. The molecule has 1 atom stereocenters. The van der Waals surface area contributed by atoms with Crippen molar-refractivity contribution in [3.8, 4) is 5.69 Å². The lowest BCUT2D eigenvalue weighted by Crippen LogP contribution is -2.25. The van der Waals surface area contributed by atoms with Crippen molar-refractivity contribution >= 4 is 9.84 Å². The first kappa shape index (κ1) is 14.2. The Morgan fingerprint density at radius 1 is 1.38 bits per heavy atom. The number of halogens is 1. The van der Waals surface area contributed by atoms with Gasteiger partial charge < -0.3 is 0 Å². The van der Waals surface area contributed by atoms with Gasteiger partial charge >= 0.3 is 0 Å². The Morgan fingerprint density at radius 3 is 2.90 bits per heavy atom. The predicted molar refractivity (Wildman–Crippen MR) is 76.7 cm³/mol. The summed E-state index contributed by atoms with van der Waals surface area (Å²) in [5.41, 5.74) is 0.563. The molecule has 2 heterocycles. The van der Waals surface area contributed by atoms with E-state index in [0.717, 1.165) is 6.42 Å². The first-order valence-electron chi connectivity index (χ1n) is 6.84. The van der Waals surface area contributed by atoms with Crippen molar-refractivity contribution in [1.29, 1.82) is 0 Å². The molecule has 0 bridgehead atoms. The maximum atomic E-state index is 13.4. The van der Waals surface area contributed by atoms with E-state index in [9.17, 15) is 12.8 Å². The fraction of sp³-hybridized carbons (Fsp3) is 0.429. The van der Waals surface area contributed by atoms with Crippen molar-refractivity contribution < 1.29 is 12.8 Å². The van der Waals surface area contributed by atoms with E-state index in [-0.39, 0.29) is 23.2 Å². The average Bonchev–Trinajstić information content (AvgIpc) is 2.80. The second-order valence-electron chi connectivity index (χ2n) is 5.36. The van der Waals surface area contributed by atoms with Crippen molar-refractivity contribution in [2.45, 2.75) is 25.7 Å². The van der Waals surface area contributed by atoms with Crippen LogP contribution in [0.15, 0.2) is 24.3 Å². The molecule has 0 N–H and O–H groups in total. The lowest BCUT2D eigenvalue weighted by molar-refractivity contribution is 0.536. The molecular weight excluding hydrogens is 293 g/mol. The predicted octanol–water partition coefficient (Wildman–Crippen LogP) is 2.01. The number of nitrogens with zero attached hydrogens (tertiary/aromatic N) is 3. The first-order valence-corrected chi connectivity index (χ1v) is 8.67. The molecule has 3 rings (SSSR count). The number of benzene rings is 1. The van der Waals surface area contributed by atoms with Crippen LogP contribution in [0.1, 0.15) is 30.4 Å². The normalized spacial score (nSPS) is 21.3. The Hall–Kier alpha value is -1.76. The molecule has 1 fully saturated rings. The van der Waals surface area contributed by atoms with E-state index in [1.54, 1.807) is 23.7 Å². The lowest BCUT2D eigenvalue weighted by Gasteiger charge is -2.21. The second kappa shape index (κ2) is 5.22. The molecule has 1 aromatic heterocycles. The van der Waals surface area contributed by atoms with E-state index in [1.807, 2.05) is 0 Å². The summed E-state index contributed by atoms with van der Waals surface area (Å²) in [6.07, 6.45) is 1.38. The van der Waals surface area contributed by atoms with Gasteiger partial charge in [-0.25, -0.2) is 22.5 Å². The summed E-state index contributed by atoms with van der Waals surface area (Å²) in [6.45, 7) is 1.75. The Kier molecular flexibility index (Phi) is 3.52. The molecule has 1 aliphatic heterocycles. The number of sulfone groups is 1. The van der Waals surface area contributed by atoms with Crippen LogP contribution in [-0.4, -0.2) is 34.7 Å². The zero-order valence-electron chi connectivity index (χ0n) is 11.7. The van der Waals surface area contributed by atoms with Gasteiger partial charge in [-0.2, -0.15) is 5.10 Å². The zero-order valence-corrected chi connectivity index (χ0v) is 12.5. The average molecular weight is 309 g/mol. The van der Waals surface area contributed by atoms with E-state index in [1.165, 1.54) is 12.1 Å². The van der Waals surface area contributed by atoms with Crippen LogP contribution in [0.4, 0.5) is 4.39 Å². The maximum absolute atomic E-state index is 13.4. The highest BCUT2D eigenvalue weighted by Gasteiger charge is 2.30. The summed E-state index contributed by atoms with van der Waals surface area (Å²) in [5.74, 6) is 0.923. The largest absolute Gasteiger partial charge is 0.229 e. The van der Waals surface area contributed by atoms with Gasteiger partial charge in [0.1, 0.15) is 17.5 Å². The van der Waals surface area contributed by atoms with Gasteiger partial charge in [-0.3, -0.25) is 0 Å². The third-order valence-electron chi connectivity index (χ3n) is 3.62. The summed E-state index contributed by atoms with van der Waals surface area (Å²) in [4.78, 5) is 4.37. The fourth-order valence-electron chi connectivity index (χ4n) is 2.72. The molecule has 112 valence electrons. The summed E-state index contributed by atoms with van der Waals surface area (Å²) in [7, 11) is -3.03. The molecule has 1 saturated heterocycles. The molecule has 0 amide bonds. The van der Waals surface area contributed by atoms with E-state index in [0.29, 0.717) is 23.8 Å². The molecule has 5 nitrogen and oxygen atoms in total. The molecule has 0 aliphatic carbocycles. The highest BCUT2D eigenvalue weighted by Crippen LogP contribution is 2.28. The van der Waals surface area contributed by atoms with Crippen LogP contribution >= 0.6 is 0 Å². The molecule has 2 aromatic rings. The summed E-state index contributed by atoms with van der Waals surface area (Å²) in [6, 6.07) is 6.06. The van der Waals surface area contributed by atoms with Crippen LogP contribution in [0.3, 0.4) is 0 Å². The third kappa shape index (κ3) is 2.97. The second-order valence-corrected chi connectivity index (χ2v) is 7.59. The molecule has 1 aromatic carbocycles. The van der Waals surface area contributed by atoms with Crippen LogP contribution < -0.4 is 0 Å². The molecule has 21 heavy (non-hydrogen) atoms. The Labute approximate surface area is 122 Å². The van der Waals surface area contributed by atoms with Crippen LogP contribution in [0.25, 0.3) is 5.69 Å². The van der Waals surface area contributed by atoms with Gasteiger partial charge in [-0.1, -0.05) is 6.07 Å². The topological polar surface area (TPSA) is 64.8 Å². The first-order chi connectivity index (χ1) is 9.94. The van der Waals surface area contributed by atoms with E-state index in [2.05, 4.69) is 10.1 Å². The molecule has 0 radical (unpaired) electrons. The van der Waals surface area contributed by atoms with Crippen LogP contribution in [0, 0.1) is 12.7 Å². The third-order valence-corrected chi connectivity index (χ3v) is 5.44. The van der Waals surface area contributed by atoms with Crippen molar-refractivity contribution in [3.63, 3.8) is 0 Å². The number of hydrogen-bond donors (Lipinski definition) is 0. The van der Waals surface area contributed by atoms with Crippen molar-refractivity contribution in [3.05, 3.63) is 41.7 Å². The van der Waals surface area contributed by atoms with Crippen LogP contribution in [0.5, 0.6) is 0 Å². The van der Waals surface area contributed by atoms with Crippen LogP contribution in [-0.2, 0) is 9.84 Å². The highest BCUT2D eigenvalue weighted by atomic mass is 32.2. The number of aromatic nitrogens is 3. The summed E-state index contributed by atoms with van der Waals surface area (Å²) < 4.78 is 38.6. The highest BCUT2D eigenvalue weighted by molar-refractivity contribution is 7.91. The fourth-order valence-corrected chi connectivity index (χ4v) is 4.42. The van der Waals surface area contributed by atoms with Crippen molar-refractivity contribution in [2.75, 3.05) is 11.5 Å².